The highest BCUT2D eigenvalue weighted by molar-refractivity contribution is 5.90. The third-order valence-corrected chi connectivity index (χ3v) is 3.22. The largest absolute Gasteiger partial charge is 0.358 e. The fourth-order valence-electron chi connectivity index (χ4n) is 2.24. The van der Waals surface area contributed by atoms with E-state index in [1.165, 1.54) is 0 Å². The number of hydrogen-bond acceptors (Lipinski definition) is 2. The maximum absolute atomic E-state index is 11.6. The summed E-state index contributed by atoms with van der Waals surface area (Å²) in [5.74, 6) is 1.54. The molecule has 13 heavy (non-hydrogen) atoms. The molecular weight excluding hydrogens is 164 g/mol. The summed E-state index contributed by atoms with van der Waals surface area (Å²) in [5, 5.41) is 5.93. The lowest BCUT2D eigenvalue weighted by Gasteiger charge is -2.33. The Balaban J connectivity index is 2.13. The van der Waals surface area contributed by atoms with E-state index in [1.54, 1.807) is 0 Å². The Morgan fingerprint density at radius 3 is 2.54 bits per heavy atom. The SMILES string of the molecule is C=C1NC(=O)C2(CCC(C)CC2)N1. The lowest BCUT2D eigenvalue weighted by atomic mass is 9.77. The molecule has 2 N–H and O–H groups in total. The summed E-state index contributed by atoms with van der Waals surface area (Å²) in [6.45, 7) is 5.97. The molecule has 0 aromatic rings. The molecule has 1 heterocycles. The summed E-state index contributed by atoms with van der Waals surface area (Å²) in [6.07, 6.45) is 4.15. The molecule has 0 aromatic heterocycles. The van der Waals surface area contributed by atoms with Gasteiger partial charge in [0.15, 0.2) is 0 Å². The maximum Gasteiger partial charge on any atom is 0.251 e. The van der Waals surface area contributed by atoms with Gasteiger partial charge < -0.3 is 10.6 Å². The van der Waals surface area contributed by atoms with Gasteiger partial charge in [0, 0.05) is 0 Å². The van der Waals surface area contributed by atoms with Gasteiger partial charge in [0.2, 0.25) is 0 Å². The normalized spacial score (nSPS) is 39.0. The Labute approximate surface area is 78.6 Å². The number of carbonyl (C=O) groups is 1. The maximum atomic E-state index is 11.6. The van der Waals surface area contributed by atoms with Crippen molar-refractivity contribution < 1.29 is 4.79 Å². The first kappa shape index (κ1) is 8.60. The fourth-order valence-corrected chi connectivity index (χ4v) is 2.24. The summed E-state index contributed by atoms with van der Waals surface area (Å²) >= 11 is 0. The lowest BCUT2D eigenvalue weighted by Crippen LogP contribution is -2.48. The first-order chi connectivity index (χ1) is 6.12. The standard InChI is InChI=1S/C10H16N2O/c1-7-3-5-10(6-4-7)9(13)11-8(2)12-10/h7,12H,2-6H2,1H3,(H,11,13). The predicted molar refractivity (Wildman–Crippen MR) is 50.8 cm³/mol. The van der Waals surface area contributed by atoms with Crippen LogP contribution in [0.4, 0.5) is 0 Å². The van der Waals surface area contributed by atoms with E-state index in [2.05, 4.69) is 24.1 Å². The highest BCUT2D eigenvalue weighted by atomic mass is 16.2. The van der Waals surface area contributed by atoms with Crippen LogP contribution < -0.4 is 10.6 Å². The van der Waals surface area contributed by atoms with Gasteiger partial charge in [0.05, 0.1) is 5.82 Å². The molecule has 1 spiro atoms. The first-order valence-electron chi connectivity index (χ1n) is 4.91. The fraction of sp³-hybridized carbons (Fsp3) is 0.700. The van der Waals surface area contributed by atoms with Crippen LogP contribution in [-0.4, -0.2) is 11.4 Å². The highest BCUT2D eigenvalue weighted by Gasteiger charge is 2.45. The van der Waals surface area contributed by atoms with E-state index in [9.17, 15) is 4.79 Å². The van der Waals surface area contributed by atoms with E-state index in [-0.39, 0.29) is 11.4 Å². The average molecular weight is 180 g/mol. The zero-order valence-corrected chi connectivity index (χ0v) is 8.02. The number of hydrogen-bond donors (Lipinski definition) is 2. The summed E-state index contributed by atoms with van der Waals surface area (Å²) in [6, 6.07) is 0. The van der Waals surface area contributed by atoms with Gasteiger partial charge in [0.1, 0.15) is 5.54 Å². The minimum absolute atomic E-state index is 0.115. The van der Waals surface area contributed by atoms with Gasteiger partial charge in [-0.2, -0.15) is 0 Å². The van der Waals surface area contributed by atoms with Crippen molar-refractivity contribution in [1.29, 1.82) is 0 Å². The Morgan fingerprint density at radius 2 is 2.08 bits per heavy atom. The second-order valence-electron chi connectivity index (χ2n) is 4.32. The van der Waals surface area contributed by atoms with Crippen LogP contribution in [-0.2, 0) is 4.79 Å². The van der Waals surface area contributed by atoms with Gasteiger partial charge in [-0.15, -0.1) is 0 Å². The first-order valence-corrected chi connectivity index (χ1v) is 4.91. The number of amides is 1. The van der Waals surface area contributed by atoms with Crippen molar-refractivity contribution in [2.45, 2.75) is 38.1 Å². The molecule has 1 aliphatic carbocycles. The van der Waals surface area contributed by atoms with E-state index >= 15 is 0 Å². The Bertz CT molecular complexity index is 252. The Morgan fingerprint density at radius 1 is 1.46 bits per heavy atom. The molecule has 1 amide bonds. The van der Waals surface area contributed by atoms with Crippen LogP contribution in [0.2, 0.25) is 0 Å². The van der Waals surface area contributed by atoms with Crippen molar-refractivity contribution in [3.8, 4) is 0 Å². The van der Waals surface area contributed by atoms with Crippen LogP contribution in [0.25, 0.3) is 0 Å². The van der Waals surface area contributed by atoms with Crippen LogP contribution in [0, 0.1) is 5.92 Å². The van der Waals surface area contributed by atoms with E-state index in [1.807, 2.05) is 0 Å². The quantitative estimate of drug-likeness (QED) is 0.586. The van der Waals surface area contributed by atoms with E-state index in [0.717, 1.165) is 31.6 Å². The van der Waals surface area contributed by atoms with Crippen LogP contribution in [0.3, 0.4) is 0 Å². The van der Waals surface area contributed by atoms with Gasteiger partial charge >= 0.3 is 0 Å². The number of rotatable bonds is 0. The molecule has 0 unspecified atom stereocenters. The predicted octanol–water partition coefficient (Wildman–Crippen LogP) is 1.13. The molecule has 1 saturated carbocycles. The topological polar surface area (TPSA) is 41.1 Å². The minimum Gasteiger partial charge on any atom is -0.358 e. The molecule has 1 aliphatic heterocycles. The van der Waals surface area contributed by atoms with Crippen LogP contribution in [0.5, 0.6) is 0 Å². The molecule has 2 aliphatic rings. The molecule has 3 nitrogen and oxygen atoms in total. The van der Waals surface area contributed by atoms with Crippen molar-refractivity contribution in [2.75, 3.05) is 0 Å². The smallest absolute Gasteiger partial charge is 0.251 e. The zero-order chi connectivity index (χ0) is 9.47. The van der Waals surface area contributed by atoms with Gasteiger partial charge in [0.25, 0.3) is 5.91 Å². The summed E-state index contributed by atoms with van der Waals surface area (Å²) < 4.78 is 0. The Kier molecular flexibility index (Phi) is 1.82. The van der Waals surface area contributed by atoms with Gasteiger partial charge in [-0.25, -0.2) is 0 Å². The molecule has 0 radical (unpaired) electrons. The molecule has 2 fully saturated rings. The van der Waals surface area contributed by atoms with E-state index in [4.69, 9.17) is 0 Å². The summed E-state index contributed by atoms with van der Waals surface area (Å²) in [4.78, 5) is 11.6. The van der Waals surface area contributed by atoms with E-state index in [0.29, 0.717) is 5.82 Å². The molecule has 0 aromatic carbocycles. The summed E-state index contributed by atoms with van der Waals surface area (Å²) in [7, 11) is 0. The highest BCUT2D eigenvalue weighted by Crippen LogP contribution is 2.34. The minimum atomic E-state index is -0.316. The molecule has 2 rings (SSSR count). The van der Waals surface area contributed by atoms with Crippen molar-refractivity contribution in [1.82, 2.24) is 10.6 Å². The third kappa shape index (κ3) is 1.32. The zero-order valence-electron chi connectivity index (χ0n) is 8.02. The monoisotopic (exact) mass is 180 g/mol. The number of carbonyl (C=O) groups excluding carboxylic acids is 1. The van der Waals surface area contributed by atoms with Crippen LogP contribution in [0.1, 0.15) is 32.6 Å². The van der Waals surface area contributed by atoms with Crippen molar-refractivity contribution in [3.05, 3.63) is 12.4 Å². The van der Waals surface area contributed by atoms with Gasteiger partial charge in [-0.3, -0.25) is 4.79 Å². The molecular formula is C10H16N2O. The Hall–Kier alpha value is -0.990. The number of nitrogens with one attached hydrogen (secondary N) is 2. The molecule has 3 heteroatoms. The van der Waals surface area contributed by atoms with Crippen molar-refractivity contribution >= 4 is 5.91 Å². The molecule has 1 saturated heterocycles. The van der Waals surface area contributed by atoms with Gasteiger partial charge in [-0.05, 0) is 31.6 Å². The van der Waals surface area contributed by atoms with Crippen molar-refractivity contribution in [2.24, 2.45) is 5.92 Å². The lowest BCUT2D eigenvalue weighted by molar-refractivity contribution is -0.125. The summed E-state index contributed by atoms with van der Waals surface area (Å²) in [5.41, 5.74) is -0.316. The average Bonchev–Trinajstić information content (AvgIpc) is 2.34. The van der Waals surface area contributed by atoms with Crippen molar-refractivity contribution in [3.63, 3.8) is 0 Å². The van der Waals surface area contributed by atoms with Crippen LogP contribution in [0.15, 0.2) is 12.4 Å². The molecule has 0 bridgehead atoms. The second-order valence-corrected chi connectivity index (χ2v) is 4.32. The van der Waals surface area contributed by atoms with Gasteiger partial charge in [-0.1, -0.05) is 13.5 Å². The molecule has 72 valence electrons. The third-order valence-electron chi connectivity index (χ3n) is 3.22. The second kappa shape index (κ2) is 2.76. The molecule has 0 atom stereocenters. The van der Waals surface area contributed by atoms with E-state index < -0.39 is 0 Å². The van der Waals surface area contributed by atoms with Crippen LogP contribution >= 0.6 is 0 Å².